The Morgan fingerprint density at radius 2 is 1.97 bits per heavy atom. The van der Waals surface area contributed by atoms with Crippen LogP contribution in [0.15, 0.2) is 70.9 Å². The molecule has 2 heterocycles. The summed E-state index contributed by atoms with van der Waals surface area (Å²) in [7, 11) is 1.34. The fourth-order valence-corrected chi connectivity index (χ4v) is 4.46. The molecule has 0 fully saturated rings. The number of hydrogen-bond donors (Lipinski definition) is 1. The molecule has 4 aromatic rings. The first-order valence-electron chi connectivity index (χ1n) is 10.4. The first-order valence-corrected chi connectivity index (χ1v) is 11.4. The third-order valence-corrected chi connectivity index (χ3v) is 6.27. The van der Waals surface area contributed by atoms with E-state index in [0.29, 0.717) is 28.2 Å². The summed E-state index contributed by atoms with van der Waals surface area (Å²) in [5, 5.41) is 7.95. The number of methoxy groups -OCH3 is 1. The van der Waals surface area contributed by atoms with E-state index in [2.05, 4.69) is 22.3 Å². The first-order chi connectivity index (χ1) is 15.7. The molecule has 4 rings (SSSR count). The van der Waals surface area contributed by atoms with Crippen LogP contribution in [0, 0.1) is 0 Å². The van der Waals surface area contributed by atoms with E-state index in [1.54, 1.807) is 34.5 Å². The minimum atomic E-state index is -0.448. The Labute approximate surface area is 189 Å². The van der Waals surface area contributed by atoms with Crippen molar-refractivity contribution in [3.05, 3.63) is 88.0 Å². The van der Waals surface area contributed by atoms with E-state index >= 15 is 0 Å². The zero-order chi connectivity index (χ0) is 22.3. The van der Waals surface area contributed by atoms with Gasteiger partial charge in [-0.1, -0.05) is 42.1 Å². The van der Waals surface area contributed by atoms with E-state index in [4.69, 9.17) is 9.72 Å². The van der Waals surface area contributed by atoms with Crippen LogP contribution in [0.3, 0.4) is 0 Å². The summed E-state index contributed by atoms with van der Waals surface area (Å²) in [6, 6.07) is 15.0. The van der Waals surface area contributed by atoms with E-state index < -0.39 is 5.97 Å². The number of hydrogen-bond acceptors (Lipinski definition) is 6. The first kappa shape index (κ1) is 21.8. The number of thioether (sulfide) groups is 1. The van der Waals surface area contributed by atoms with Crippen LogP contribution in [-0.4, -0.2) is 38.6 Å². The Balaban J connectivity index is 1.62. The van der Waals surface area contributed by atoms with Gasteiger partial charge in [0.15, 0.2) is 5.16 Å². The van der Waals surface area contributed by atoms with Crippen molar-refractivity contribution in [2.75, 3.05) is 12.9 Å². The van der Waals surface area contributed by atoms with Crippen molar-refractivity contribution < 1.29 is 9.53 Å². The van der Waals surface area contributed by atoms with Crippen molar-refractivity contribution in [2.45, 2.75) is 31.0 Å². The molecule has 0 saturated heterocycles. The second-order valence-corrected chi connectivity index (χ2v) is 8.43. The third-order valence-electron chi connectivity index (χ3n) is 5.20. The number of ether oxygens (including phenoxy) is 1. The highest BCUT2D eigenvalue weighted by Gasteiger charge is 2.14. The van der Waals surface area contributed by atoms with Gasteiger partial charge in [-0.2, -0.15) is 5.10 Å². The summed E-state index contributed by atoms with van der Waals surface area (Å²) in [5.41, 5.74) is 3.11. The lowest BCUT2D eigenvalue weighted by molar-refractivity contribution is 0.0601. The van der Waals surface area contributed by atoms with Crippen LogP contribution in [0.1, 0.15) is 27.9 Å². The highest BCUT2D eigenvalue weighted by atomic mass is 32.2. The van der Waals surface area contributed by atoms with Crippen LogP contribution in [0.4, 0.5) is 0 Å². The molecule has 0 spiro atoms. The zero-order valence-electron chi connectivity index (χ0n) is 17.8. The fraction of sp³-hybridized carbons (Fsp3) is 0.250. The van der Waals surface area contributed by atoms with Gasteiger partial charge in [-0.25, -0.2) is 9.78 Å². The van der Waals surface area contributed by atoms with Crippen LogP contribution < -0.4 is 5.56 Å². The van der Waals surface area contributed by atoms with Gasteiger partial charge in [0.05, 0.1) is 29.8 Å². The Hall–Kier alpha value is -3.39. The van der Waals surface area contributed by atoms with Crippen LogP contribution in [0.25, 0.3) is 10.9 Å². The van der Waals surface area contributed by atoms with Gasteiger partial charge in [-0.05, 0) is 48.6 Å². The summed E-state index contributed by atoms with van der Waals surface area (Å²) in [4.78, 5) is 30.0. The van der Waals surface area contributed by atoms with Crippen molar-refractivity contribution in [1.29, 1.82) is 0 Å². The average molecular weight is 449 g/mol. The molecule has 0 bridgehead atoms. The largest absolute Gasteiger partial charge is 0.465 e. The van der Waals surface area contributed by atoms with Crippen LogP contribution in [-0.2, 0) is 24.1 Å². The van der Waals surface area contributed by atoms with Crippen LogP contribution >= 0.6 is 11.8 Å². The molecule has 0 aliphatic heterocycles. The topological polar surface area (TPSA) is 89.9 Å². The molecule has 2 aromatic heterocycles. The van der Waals surface area contributed by atoms with Gasteiger partial charge in [-0.3, -0.25) is 14.5 Å². The number of esters is 1. The summed E-state index contributed by atoms with van der Waals surface area (Å²) in [5.74, 6) is 0.363. The second-order valence-electron chi connectivity index (χ2n) is 7.37. The van der Waals surface area contributed by atoms with Gasteiger partial charge >= 0.3 is 5.97 Å². The van der Waals surface area contributed by atoms with E-state index in [0.717, 1.165) is 36.1 Å². The number of carbonyl (C=O) groups excluding carboxylic acids is 1. The number of carbonyl (C=O) groups is 1. The maximum absolute atomic E-state index is 13.3. The lowest BCUT2D eigenvalue weighted by atomic mass is 10.1. The number of nitrogens with one attached hydrogen (secondary N) is 1. The molecule has 7 nitrogen and oxygen atoms in total. The van der Waals surface area contributed by atoms with Crippen LogP contribution in [0.2, 0.25) is 0 Å². The maximum Gasteiger partial charge on any atom is 0.337 e. The van der Waals surface area contributed by atoms with Gasteiger partial charge in [0.25, 0.3) is 5.56 Å². The monoisotopic (exact) mass is 448 g/mol. The quantitative estimate of drug-likeness (QED) is 0.181. The molecule has 0 amide bonds. The summed E-state index contributed by atoms with van der Waals surface area (Å²) >= 11 is 1.56. The number of fused-ring (bicyclic) bond motifs is 1. The predicted octanol–water partition coefficient (Wildman–Crippen LogP) is 3.87. The molecule has 164 valence electrons. The molecule has 0 radical (unpaired) electrons. The number of H-pyrrole nitrogens is 1. The number of rotatable bonds is 9. The van der Waals surface area contributed by atoms with Crippen molar-refractivity contribution in [3.63, 3.8) is 0 Å². The molecular weight excluding hydrogens is 424 g/mol. The van der Waals surface area contributed by atoms with Gasteiger partial charge in [0.1, 0.15) is 0 Å². The number of benzene rings is 2. The van der Waals surface area contributed by atoms with Gasteiger partial charge in [0.2, 0.25) is 0 Å². The molecular formula is C24H24N4O3S. The minimum Gasteiger partial charge on any atom is -0.465 e. The second kappa shape index (κ2) is 10.3. The predicted molar refractivity (Wildman–Crippen MR) is 125 cm³/mol. The molecule has 0 aliphatic rings. The van der Waals surface area contributed by atoms with E-state index in [1.165, 1.54) is 7.11 Å². The zero-order valence-corrected chi connectivity index (χ0v) is 18.6. The number of aromatic nitrogens is 4. The minimum absolute atomic E-state index is 0.0975. The van der Waals surface area contributed by atoms with E-state index in [1.807, 2.05) is 30.6 Å². The highest BCUT2D eigenvalue weighted by Crippen LogP contribution is 2.21. The Bertz CT molecular complexity index is 1250. The lowest BCUT2D eigenvalue weighted by Crippen LogP contribution is -2.24. The molecule has 0 atom stereocenters. The Morgan fingerprint density at radius 1 is 1.12 bits per heavy atom. The molecule has 0 aliphatic carbocycles. The summed E-state index contributed by atoms with van der Waals surface area (Å²) in [6.07, 6.45) is 6.28. The molecule has 0 unspecified atom stereocenters. The summed E-state index contributed by atoms with van der Waals surface area (Å²) < 4.78 is 6.55. The number of nitrogens with zero attached hydrogens (tertiary/aromatic N) is 3. The van der Waals surface area contributed by atoms with Crippen molar-refractivity contribution in [3.8, 4) is 0 Å². The molecule has 32 heavy (non-hydrogen) atoms. The SMILES string of the molecule is COC(=O)c1ccc2c(=O)n(CCc3ccccc3)c(SCCCc3cn[nH]c3)nc2c1. The molecule has 2 aromatic carbocycles. The van der Waals surface area contributed by atoms with Gasteiger partial charge < -0.3 is 4.74 Å². The molecule has 0 saturated carbocycles. The van der Waals surface area contributed by atoms with Gasteiger partial charge in [0, 0.05) is 18.5 Å². The molecule has 1 N–H and O–H groups in total. The highest BCUT2D eigenvalue weighted by molar-refractivity contribution is 7.99. The third kappa shape index (κ3) is 5.08. The van der Waals surface area contributed by atoms with Crippen molar-refractivity contribution in [1.82, 2.24) is 19.7 Å². The van der Waals surface area contributed by atoms with E-state index in [-0.39, 0.29) is 5.56 Å². The maximum atomic E-state index is 13.3. The lowest BCUT2D eigenvalue weighted by Gasteiger charge is -2.13. The summed E-state index contributed by atoms with van der Waals surface area (Å²) in [6.45, 7) is 0.536. The van der Waals surface area contributed by atoms with E-state index in [9.17, 15) is 9.59 Å². The normalized spacial score (nSPS) is 11.0. The number of aromatic amines is 1. The number of aryl methyl sites for hydroxylation is 2. The average Bonchev–Trinajstić information content (AvgIpc) is 3.35. The fourth-order valence-electron chi connectivity index (χ4n) is 3.49. The van der Waals surface area contributed by atoms with Gasteiger partial charge in [-0.15, -0.1) is 0 Å². The Kier molecular flexibility index (Phi) is 7.01. The van der Waals surface area contributed by atoms with Crippen molar-refractivity contribution >= 4 is 28.6 Å². The van der Waals surface area contributed by atoms with Crippen LogP contribution in [0.5, 0.6) is 0 Å². The Morgan fingerprint density at radius 3 is 2.72 bits per heavy atom. The standard InChI is InChI=1S/C24H24N4O3S/c1-31-23(30)19-9-10-20-21(14-19)27-24(32-13-5-8-18-15-25-26-16-18)28(22(20)29)12-11-17-6-3-2-4-7-17/h2-4,6-7,9-10,14-16H,5,8,11-13H2,1H3,(H,25,26). The van der Waals surface area contributed by atoms with Crippen molar-refractivity contribution in [2.24, 2.45) is 0 Å². The molecule has 8 heteroatoms. The smallest absolute Gasteiger partial charge is 0.337 e.